The van der Waals surface area contributed by atoms with Crippen molar-refractivity contribution >= 4 is 15.9 Å². The Morgan fingerprint density at radius 3 is 2.24 bits per heavy atom. The summed E-state index contributed by atoms with van der Waals surface area (Å²) >= 11 is 0. The van der Waals surface area contributed by atoms with Crippen LogP contribution in [0, 0.1) is 6.92 Å². The predicted molar refractivity (Wildman–Crippen MR) is 132 cm³/mol. The molecule has 0 spiro atoms. The Bertz CT molecular complexity index is 1200. The van der Waals surface area contributed by atoms with E-state index < -0.39 is 16.1 Å². The lowest BCUT2D eigenvalue weighted by Gasteiger charge is -2.19. The van der Waals surface area contributed by atoms with E-state index in [9.17, 15) is 13.2 Å². The van der Waals surface area contributed by atoms with E-state index in [1.54, 1.807) is 20.1 Å². The molecule has 1 unspecified atom stereocenters. The Labute approximate surface area is 201 Å². The quantitative estimate of drug-likeness (QED) is 0.438. The molecule has 3 aromatic carbocycles. The first-order valence-electron chi connectivity index (χ1n) is 10.9. The lowest BCUT2D eigenvalue weighted by Crippen LogP contribution is -2.48. The summed E-state index contributed by atoms with van der Waals surface area (Å²) in [4.78, 5) is 13.1. The van der Waals surface area contributed by atoms with E-state index in [0.717, 1.165) is 16.9 Å². The third-order valence-corrected chi connectivity index (χ3v) is 6.91. The molecule has 8 heteroatoms. The molecule has 0 aliphatic rings. The number of benzene rings is 3. The number of ether oxygens (including phenoxy) is 2. The number of rotatable bonds is 11. The summed E-state index contributed by atoms with van der Waals surface area (Å²) in [6, 6.07) is 20.5. The van der Waals surface area contributed by atoms with E-state index in [1.165, 1.54) is 19.2 Å². The van der Waals surface area contributed by atoms with Crippen molar-refractivity contribution in [3.63, 3.8) is 0 Å². The lowest BCUT2D eigenvalue weighted by molar-refractivity contribution is -0.122. The standard InChI is InChI=1S/C26H30N2O5S/c1-19-17-23(13-14-25(19)33-3)34(30,31)28-24(18-21-7-5-4-6-8-21)26(29)27-16-15-20-9-11-22(32-2)12-10-20/h4-14,17,24,28H,15-16,18H2,1-3H3,(H,27,29). The highest BCUT2D eigenvalue weighted by atomic mass is 32.2. The normalized spacial score (nSPS) is 12.1. The fourth-order valence-electron chi connectivity index (χ4n) is 3.56. The fraction of sp³-hybridized carbons (Fsp3) is 0.269. The summed E-state index contributed by atoms with van der Waals surface area (Å²) in [7, 11) is -0.801. The largest absolute Gasteiger partial charge is 0.497 e. The van der Waals surface area contributed by atoms with Gasteiger partial charge in [0.25, 0.3) is 0 Å². The number of carbonyl (C=O) groups is 1. The number of sulfonamides is 1. The molecule has 0 heterocycles. The maximum absolute atomic E-state index is 13.1. The van der Waals surface area contributed by atoms with Gasteiger partial charge in [0, 0.05) is 6.54 Å². The van der Waals surface area contributed by atoms with Gasteiger partial charge < -0.3 is 14.8 Å². The second-order valence-electron chi connectivity index (χ2n) is 7.88. The van der Waals surface area contributed by atoms with Crippen molar-refractivity contribution in [2.45, 2.75) is 30.7 Å². The highest BCUT2D eigenvalue weighted by Crippen LogP contribution is 2.21. The van der Waals surface area contributed by atoms with Crippen molar-refractivity contribution < 1.29 is 22.7 Å². The number of methoxy groups -OCH3 is 2. The molecule has 0 saturated heterocycles. The Hall–Kier alpha value is -3.36. The first kappa shape index (κ1) is 25.3. The average Bonchev–Trinajstić information content (AvgIpc) is 2.84. The summed E-state index contributed by atoms with van der Waals surface area (Å²) in [5.74, 6) is 0.973. The van der Waals surface area contributed by atoms with Crippen molar-refractivity contribution in [3.8, 4) is 11.5 Å². The second-order valence-corrected chi connectivity index (χ2v) is 9.60. The van der Waals surface area contributed by atoms with Crippen LogP contribution in [0.15, 0.2) is 77.7 Å². The van der Waals surface area contributed by atoms with E-state index in [2.05, 4.69) is 10.0 Å². The molecule has 0 fully saturated rings. The van der Waals surface area contributed by atoms with Gasteiger partial charge in [-0.05, 0) is 66.8 Å². The Balaban J connectivity index is 1.73. The zero-order chi connectivity index (χ0) is 24.6. The van der Waals surface area contributed by atoms with Crippen LogP contribution in [0.2, 0.25) is 0 Å². The second kappa shape index (κ2) is 11.7. The van der Waals surface area contributed by atoms with Crippen molar-refractivity contribution in [1.82, 2.24) is 10.0 Å². The summed E-state index contributed by atoms with van der Waals surface area (Å²) in [6.07, 6.45) is 0.835. The maximum atomic E-state index is 13.1. The molecular formula is C26H30N2O5S. The van der Waals surface area contributed by atoms with Crippen LogP contribution in [0.4, 0.5) is 0 Å². The molecule has 0 saturated carbocycles. The fourth-order valence-corrected chi connectivity index (χ4v) is 4.84. The van der Waals surface area contributed by atoms with Gasteiger partial charge in [0.05, 0.1) is 19.1 Å². The lowest BCUT2D eigenvalue weighted by atomic mass is 10.1. The third-order valence-electron chi connectivity index (χ3n) is 5.45. The summed E-state index contributed by atoms with van der Waals surface area (Å²) in [5.41, 5.74) is 2.58. The topological polar surface area (TPSA) is 93.7 Å². The van der Waals surface area contributed by atoms with E-state index in [1.807, 2.05) is 54.6 Å². The van der Waals surface area contributed by atoms with Crippen LogP contribution in [-0.4, -0.2) is 41.1 Å². The maximum Gasteiger partial charge on any atom is 0.241 e. The van der Waals surface area contributed by atoms with Crippen LogP contribution in [0.25, 0.3) is 0 Å². The predicted octanol–water partition coefficient (Wildman–Crippen LogP) is 3.26. The Morgan fingerprint density at radius 2 is 1.62 bits per heavy atom. The van der Waals surface area contributed by atoms with Gasteiger partial charge in [-0.1, -0.05) is 42.5 Å². The van der Waals surface area contributed by atoms with Crippen molar-refractivity contribution in [3.05, 3.63) is 89.5 Å². The molecule has 1 amide bonds. The molecule has 2 N–H and O–H groups in total. The molecule has 34 heavy (non-hydrogen) atoms. The van der Waals surface area contributed by atoms with Gasteiger partial charge in [-0.25, -0.2) is 8.42 Å². The molecule has 0 aromatic heterocycles. The van der Waals surface area contributed by atoms with Crippen LogP contribution >= 0.6 is 0 Å². The Morgan fingerprint density at radius 1 is 0.912 bits per heavy atom. The monoisotopic (exact) mass is 482 g/mol. The van der Waals surface area contributed by atoms with Crippen LogP contribution in [0.3, 0.4) is 0 Å². The molecule has 0 aliphatic heterocycles. The van der Waals surface area contributed by atoms with Gasteiger partial charge in [-0.15, -0.1) is 0 Å². The van der Waals surface area contributed by atoms with E-state index >= 15 is 0 Å². The zero-order valence-corrected chi connectivity index (χ0v) is 20.4. The Kier molecular flexibility index (Phi) is 8.67. The smallest absolute Gasteiger partial charge is 0.241 e. The number of aryl methyl sites for hydroxylation is 1. The minimum absolute atomic E-state index is 0.0786. The van der Waals surface area contributed by atoms with E-state index in [0.29, 0.717) is 24.3 Å². The zero-order valence-electron chi connectivity index (χ0n) is 19.6. The molecule has 3 rings (SSSR count). The third kappa shape index (κ3) is 6.82. The summed E-state index contributed by atoms with van der Waals surface area (Å²) < 4.78 is 39.2. The van der Waals surface area contributed by atoms with E-state index in [4.69, 9.17) is 9.47 Å². The van der Waals surface area contributed by atoms with Gasteiger partial charge in [0.1, 0.15) is 17.5 Å². The number of nitrogens with one attached hydrogen (secondary N) is 2. The van der Waals surface area contributed by atoms with Gasteiger partial charge in [-0.2, -0.15) is 4.72 Å². The summed E-state index contributed by atoms with van der Waals surface area (Å²) in [5, 5.41) is 2.87. The molecule has 3 aromatic rings. The van der Waals surface area contributed by atoms with Crippen LogP contribution < -0.4 is 19.5 Å². The van der Waals surface area contributed by atoms with Crippen LogP contribution in [-0.2, 0) is 27.7 Å². The number of hydrogen-bond donors (Lipinski definition) is 2. The molecule has 180 valence electrons. The van der Waals surface area contributed by atoms with Gasteiger partial charge in [-0.3, -0.25) is 4.79 Å². The molecule has 1 atom stereocenters. The van der Waals surface area contributed by atoms with Crippen molar-refractivity contribution in [2.75, 3.05) is 20.8 Å². The average molecular weight is 483 g/mol. The van der Waals surface area contributed by atoms with Gasteiger partial charge in [0.15, 0.2) is 0 Å². The molecule has 0 bridgehead atoms. The molecule has 0 radical (unpaired) electrons. The van der Waals surface area contributed by atoms with Gasteiger partial charge in [0.2, 0.25) is 15.9 Å². The van der Waals surface area contributed by atoms with Crippen LogP contribution in [0.5, 0.6) is 11.5 Å². The molecule has 7 nitrogen and oxygen atoms in total. The van der Waals surface area contributed by atoms with Crippen LogP contribution in [0.1, 0.15) is 16.7 Å². The molecule has 0 aliphatic carbocycles. The SMILES string of the molecule is COc1ccc(CCNC(=O)C(Cc2ccccc2)NS(=O)(=O)c2ccc(OC)c(C)c2)cc1. The number of carbonyl (C=O) groups excluding carboxylic acids is 1. The molecular weight excluding hydrogens is 452 g/mol. The van der Waals surface area contributed by atoms with E-state index in [-0.39, 0.29) is 17.2 Å². The van der Waals surface area contributed by atoms with Gasteiger partial charge >= 0.3 is 0 Å². The number of hydrogen-bond acceptors (Lipinski definition) is 5. The summed E-state index contributed by atoms with van der Waals surface area (Å²) in [6.45, 7) is 2.14. The highest BCUT2D eigenvalue weighted by Gasteiger charge is 2.26. The first-order chi connectivity index (χ1) is 16.3. The minimum Gasteiger partial charge on any atom is -0.497 e. The number of amides is 1. The highest BCUT2D eigenvalue weighted by molar-refractivity contribution is 7.89. The van der Waals surface area contributed by atoms with Crippen molar-refractivity contribution in [2.24, 2.45) is 0 Å². The van der Waals surface area contributed by atoms with Crippen molar-refractivity contribution in [1.29, 1.82) is 0 Å². The first-order valence-corrected chi connectivity index (χ1v) is 12.4. The minimum atomic E-state index is -3.94.